The molecular weight excluding hydrogens is 164 g/mol. The monoisotopic (exact) mass is 173 g/mol. The van der Waals surface area contributed by atoms with E-state index in [0.717, 1.165) is 6.07 Å². The second kappa shape index (κ2) is 3.49. The number of hydrogen-bond donors (Lipinski definition) is 1. The van der Waals surface area contributed by atoms with Gasteiger partial charge in [0.05, 0.1) is 7.11 Å². The van der Waals surface area contributed by atoms with Crippen molar-refractivity contribution in [1.29, 1.82) is 0 Å². The Balaban J connectivity index is 3.24. The minimum Gasteiger partial charge on any atom is -0.491 e. The van der Waals surface area contributed by atoms with E-state index >= 15 is 0 Å². The molecule has 0 radical (unpaired) electrons. The number of rotatable bonds is 2. The normalized spacial score (nSPS) is 10.0. The molecule has 0 aromatic heterocycles. The Bertz CT molecular complexity index is 289. The number of ether oxygens (including phenoxy) is 1. The predicted octanol–water partition coefficient (Wildman–Crippen LogP) is 1.43. The molecule has 0 atom stereocenters. The van der Waals surface area contributed by atoms with Crippen LogP contribution >= 0.6 is 0 Å². The van der Waals surface area contributed by atoms with Crippen LogP contribution in [0.15, 0.2) is 12.1 Å². The fraction of sp³-hybridized carbons (Fsp3) is 0.250. The lowest BCUT2D eigenvalue weighted by Crippen LogP contribution is -2.02. The number of nitrogens with two attached hydrogens (primary N) is 1. The third kappa shape index (κ3) is 1.38. The molecule has 0 saturated heterocycles. The van der Waals surface area contributed by atoms with Gasteiger partial charge in [-0.1, -0.05) is 6.07 Å². The number of hydrogen-bond acceptors (Lipinski definition) is 2. The first kappa shape index (κ1) is 8.93. The average molecular weight is 173 g/mol. The van der Waals surface area contributed by atoms with E-state index in [-0.39, 0.29) is 17.9 Å². The van der Waals surface area contributed by atoms with Crippen molar-refractivity contribution in [3.8, 4) is 5.75 Å². The lowest BCUT2D eigenvalue weighted by molar-refractivity contribution is 0.357. The van der Waals surface area contributed by atoms with Crippen LogP contribution in [0.2, 0.25) is 0 Å². The van der Waals surface area contributed by atoms with Crippen LogP contribution in [0.5, 0.6) is 5.75 Å². The molecule has 0 aliphatic heterocycles. The minimum absolute atomic E-state index is 0.0302. The van der Waals surface area contributed by atoms with E-state index in [0.29, 0.717) is 0 Å². The van der Waals surface area contributed by atoms with Gasteiger partial charge in [0.25, 0.3) is 0 Å². The highest BCUT2D eigenvalue weighted by atomic mass is 19.1. The summed E-state index contributed by atoms with van der Waals surface area (Å²) < 4.78 is 30.4. The minimum atomic E-state index is -0.722. The van der Waals surface area contributed by atoms with Crippen molar-refractivity contribution in [2.45, 2.75) is 6.54 Å². The van der Waals surface area contributed by atoms with Gasteiger partial charge in [-0.2, -0.15) is 0 Å². The Morgan fingerprint density at radius 3 is 2.58 bits per heavy atom. The quantitative estimate of drug-likeness (QED) is 0.734. The van der Waals surface area contributed by atoms with Gasteiger partial charge in [0.2, 0.25) is 0 Å². The molecular formula is C8H9F2NO. The standard InChI is InChI=1S/C8H9F2NO/c1-12-8-6(9)3-2-5(4-11)7(8)10/h2-3H,4,11H2,1H3. The molecule has 0 heterocycles. The van der Waals surface area contributed by atoms with Crippen molar-refractivity contribution in [2.75, 3.05) is 7.11 Å². The summed E-state index contributed by atoms with van der Waals surface area (Å²) in [5.41, 5.74) is 5.45. The largest absolute Gasteiger partial charge is 0.491 e. The maximum Gasteiger partial charge on any atom is 0.190 e. The zero-order chi connectivity index (χ0) is 9.14. The molecule has 1 aromatic carbocycles. The summed E-state index contributed by atoms with van der Waals surface area (Å²) in [6.07, 6.45) is 0. The van der Waals surface area contributed by atoms with Crippen molar-refractivity contribution < 1.29 is 13.5 Å². The summed E-state index contributed by atoms with van der Waals surface area (Å²) >= 11 is 0. The molecule has 0 amide bonds. The fourth-order valence-corrected chi connectivity index (χ4v) is 0.918. The highest BCUT2D eigenvalue weighted by Gasteiger charge is 2.12. The Morgan fingerprint density at radius 2 is 2.08 bits per heavy atom. The van der Waals surface area contributed by atoms with Gasteiger partial charge in [0.1, 0.15) is 0 Å². The molecule has 0 bridgehead atoms. The van der Waals surface area contributed by atoms with Crippen LogP contribution in [0, 0.1) is 11.6 Å². The van der Waals surface area contributed by atoms with E-state index in [1.807, 2.05) is 0 Å². The Kier molecular flexibility index (Phi) is 2.60. The molecule has 0 spiro atoms. The van der Waals surface area contributed by atoms with Crippen molar-refractivity contribution in [2.24, 2.45) is 5.73 Å². The van der Waals surface area contributed by atoms with Crippen LogP contribution in [0.4, 0.5) is 8.78 Å². The van der Waals surface area contributed by atoms with Crippen LogP contribution in [0.3, 0.4) is 0 Å². The van der Waals surface area contributed by atoms with Gasteiger partial charge in [-0.25, -0.2) is 8.78 Å². The topological polar surface area (TPSA) is 35.2 Å². The van der Waals surface area contributed by atoms with Crippen molar-refractivity contribution in [3.05, 3.63) is 29.3 Å². The fourth-order valence-electron chi connectivity index (χ4n) is 0.918. The molecule has 1 rings (SSSR count). The Hall–Kier alpha value is -1.16. The van der Waals surface area contributed by atoms with E-state index < -0.39 is 11.6 Å². The summed E-state index contributed by atoms with van der Waals surface area (Å²) in [7, 11) is 1.21. The second-order valence-corrected chi connectivity index (χ2v) is 2.26. The second-order valence-electron chi connectivity index (χ2n) is 2.26. The third-order valence-electron chi connectivity index (χ3n) is 1.55. The maximum absolute atomic E-state index is 13.1. The van der Waals surface area contributed by atoms with Crippen molar-refractivity contribution in [1.82, 2.24) is 0 Å². The van der Waals surface area contributed by atoms with Crippen molar-refractivity contribution >= 4 is 0 Å². The van der Waals surface area contributed by atoms with Gasteiger partial charge in [-0.15, -0.1) is 0 Å². The molecule has 1 aromatic rings. The molecule has 4 heteroatoms. The Labute approximate surface area is 68.9 Å². The van der Waals surface area contributed by atoms with E-state index in [1.54, 1.807) is 0 Å². The summed E-state index contributed by atoms with van der Waals surface area (Å²) in [4.78, 5) is 0. The SMILES string of the molecule is COc1c(F)ccc(CN)c1F. The molecule has 0 fully saturated rings. The lowest BCUT2D eigenvalue weighted by Gasteiger charge is -2.05. The first-order valence-electron chi connectivity index (χ1n) is 3.41. The van der Waals surface area contributed by atoms with Gasteiger partial charge in [0.15, 0.2) is 17.4 Å². The zero-order valence-electron chi connectivity index (χ0n) is 6.60. The molecule has 0 aliphatic carbocycles. The van der Waals surface area contributed by atoms with Gasteiger partial charge in [0, 0.05) is 12.1 Å². The number of benzene rings is 1. The molecule has 0 aliphatic rings. The zero-order valence-corrected chi connectivity index (χ0v) is 6.60. The third-order valence-corrected chi connectivity index (χ3v) is 1.55. The summed E-state index contributed by atoms with van der Waals surface area (Å²) in [6.45, 7) is 0.0302. The van der Waals surface area contributed by atoms with E-state index in [1.165, 1.54) is 13.2 Å². The molecule has 2 N–H and O–H groups in total. The molecule has 12 heavy (non-hydrogen) atoms. The first-order chi connectivity index (χ1) is 5.70. The average Bonchev–Trinajstić information content (AvgIpc) is 2.06. The van der Waals surface area contributed by atoms with Crippen LogP contribution in [0.25, 0.3) is 0 Å². The van der Waals surface area contributed by atoms with Crippen LogP contribution < -0.4 is 10.5 Å². The van der Waals surface area contributed by atoms with Crippen LogP contribution in [0.1, 0.15) is 5.56 Å². The van der Waals surface area contributed by atoms with Crippen molar-refractivity contribution in [3.63, 3.8) is 0 Å². The molecule has 0 saturated carbocycles. The summed E-state index contributed by atoms with van der Waals surface area (Å²) in [6, 6.07) is 2.43. The number of halogens is 2. The van der Waals surface area contributed by atoms with Gasteiger partial charge in [-0.3, -0.25) is 0 Å². The highest BCUT2D eigenvalue weighted by molar-refractivity contribution is 5.32. The smallest absolute Gasteiger partial charge is 0.190 e. The van der Waals surface area contributed by atoms with E-state index in [9.17, 15) is 8.78 Å². The van der Waals surface area contributed by atoms with E-state index in [4.69, 9.17) is 5.73 Å². The lowest BCUT2D eigenvalue weighted by atomic mass is 10.2. The number of methoxy groups -OCH3 is 1. The van der Waals surface area contributed by atoms with Gasteiger partial charge < -0.3 is 10.5 Å². The molecule has 66 valence electrons. The Morgan fingerprint density at radius 1 is 1.42 bits per heavy atom. The summed E-state index contributed by atoms with van der Waals surface area (Å²) in [5.74, 6) is -1.81. The molecule has 2 nitrogen and oxygen atoms in total. The van der Waals surface area contributed by atoms with Crippen LogP contribution in [-0.4, -0.2) is 7.11 Å². The van der Waals surface area contributed by atoms with E-state index in [2.05, 4.69) is 4.74 Å². The van der Waals surface area contributed by atoms with Gasteiger partial charge >= 0.3 is 0 Å². The van der Waals surface area contributed by atoms with Gasteiger partial charge in [-0.05, 0) is 6.07 Å². The molecule has 0 unspecified atom stereocenters. The van der Waals surface area contributed by atoms with Crippen LogP contribution in [-0.2, 0) is 6.54 Å². The first-order valence-corrected chi connectivity index (χ1v) is 3.41. The summed E-state index contributed by atoms with van der Waals surface area (Å²) in [5, 5.41) is 0. The predicted molar refractivity (Wildman–Crippen MR) is 40.8 cm³/mol. The maximum atomic E-state index is 13.1. The highest BCUT2D eigenvalue weighted by Crippen LogP contribution is 2.23.